The molecule has 3 atom stereocenters. The monoisotopic (exact) mass is 360 g/mol. The summed E-state index contributed by atoms with van der Waals surface area (Å²) < 4.78 is 10.9. The van der Waals surface area contributed by atoms with Crippen LogP contribution in [0, 0.1) is 5.92 Å². The number of nitrogens with one attached hydrogen (secondary N) is 1. The third kappa shape index (κ3) is 4.32. The van der Waals surface area contributed by atoms with Gasteiger partial charge in [-0.25, -0.2) is 0 Å². The van der Waals surface area contributed by atoms with Crippen LogP contribution < -0.4 is 14.8 Å². The van der Waals surface area contributed by atoms with Crippen LogP contribution in [0.5, 0.6) is 11.5 Å². The van der Waals surface area contributed by atoms with Gasteiger partial charge in [-0.2, -0.15) is 0 Å². The number of carbonyl (C=O) groups is 1. The SMILES string of the molecule is COc1ccc(C2CCCN2CC(=O)NC2CCCCC2C)c(OC)c1. The molecule has 1 saturated heterocycles. The summed E-state index contributed by atoms with van der Waals surface area (Å²) >= 11 is 0. The van der Waals surface area contributed by atoms with Crippen molar-refractivity contribution in [2.75, 3.05) is 27.3 Å². The quantitative estimate of drug-likeness (QED) is 0.843. The van der Waals surface area contributed by atoms with Crippen LogP contribution >= 0.6 is 0 Å². The lowest BCUT2D eigenvalue weighted by atomic mass is 9.86. The molecule has 1 aromatic carbocycles. The highest BCUT2D eigenvalue weighted by molar-refractivity contribution is 5.78. The van der Waals surface area contributed by atoms with Crippen LogP contribution in [0.1, 0.15) is 57.1 Å². The molecule has 5 nitrogen and oxygen atoms in total. The fourth-order valence-corrected chi connectivity index (χ4v) is 4.43. The molecule has 26 heavy (non-hydrogen) atoms. The Morgan fingerprint density at radius 1 is 1.15 bits per heavy atom. The molecule has 1 saturated carbocycles. The molecule has 0 aromatic heterocycles. The minimum Gasteiger partial charge on any atom is -0.497 e. The second-order valence-corrected chi connectivity index (χ2v) is 7.67. The van der Waals surface area contributed by atoms with Crippen molar-refractivity contribution < 1.29 is 14.3 Å². The first-order valence-electron chi connectivity index (χ1n) is 9.87. The van der Waals surface area contributed by atoms with E-state index < -0.39 is 0 Å². The van der Waals surface area contributed by atoms with Gasteiger partial charge in [0.1, 0.15) is 11.5 Å². The van der Waals surface area contributed by atoms with Crippen molar-refractivity contribution in [3.05, 3.63) is 23.8 Å². The van der Waals surface area contributed by atoms with E-state index in [2.05, 4.69) is 23.2 Å². The maximum atomic E-state index is 12.6. The molecule has 2 fully saturated rings. The van der Waals surface area contributed by atoms with Crippen molar-refractivity contribution in [3.63, 3.8) is 0 Å². The summed E-state index contributed by atoms with van der Waals surface area (Å²) in [7, 11) is 3.35. The third-order valence-corrected chi connectivity index (χ3v) is 5.97. The number of hydrogen-bond donors (Lipinski definition) is 1. The van der Waals surface area contributed by atoms with Gasteiger partial charge in [-0.15, -0.1) is 0 Å². The Hall–Kier alpha value is -1.75. The van der Waals surface area contributed by atoms with Gasteiger partial charge in [0.2, 0.25) is 5.91 Å². The van der Waals surface area contributed by atoms with Crippen LogP contribution in [-0.4, -0.2) is 44.2 Å². The molecule has 1 amide bonds. The Balaban J connectivity index is 1.65. The van der Waals surface area contributed by atoms with E-state index in [1.54, 1.807) is 14.2 Å². The summed E-state index contributed by atoms with van der Waals surface area (Å²) in [4.78, 5) is 14.9. The van der Waals surface area contributed by atoms with Gasteiger partial charge in [0, 0.05) is 23.7 Å². The maximum absolute atomic E-state index is 12.6. The number of hydrogen-bond acceptors (Lipinski definition) is 4. The number of rotatable bonds is 6. The lowest BCUT2D eigenvalue weighted by Gasteiger charge is -2.31. The van der Waals surface area contributed by atoms with Gasteiger partial charge in [0.15, 0.2) is 0 Å². The molecule has 0 spiro atoms. The van der Waals surface area contributed by atoms with Gasteiger partial charge in [-0.3, -0.25) is 9.69 Å². The van der Waals surface area contributed by atoms with Gasteiger partial charge < -0.3 is 14.8 Å². The molecule has 1 aliphatic heterocycles. The average Bonchev–Trinajstić information content (AvgIpc) is 3.10. The van der Waals surface area contributed by atoms with Crippen molar-refractivity contribution in [1.29, 1.82) is 0 Å². The Morgan fingerprint density at radius 2 is 1.96 bits per heavy atom. The summed E-state index contributed by atoms with van der Waals surface area (Å²) in [5.41, 5.74) is 1.14. The van der Waals surface area contributed by atoms with Crippen LogP contribution in [-0.2, 0) is 4.79 Å². The van der Waals surface area contributed by atoms with Crippen LogP contribution in [0.25, 0.3) is 0 Å². The molecule has 5 heteroatoms. The van der Waals surface area contributed by atoms with Crippen LogP contribution in [0.2, 0.25) is 0 Å². The summed E-state index contributed by atoms with van der Waals surface area (Å²) in [5, 5.41) is 3.28. The standard InChI is InChI=1S/C21H32N2O3/c1-15-7-4-5-8-18(15)22-21(24)14-23-12-6-9-19(23)17-11-10-16(25-2)13-20(17)26-3/h10-11,13,15,18-19H,4-9,12,14H2,1-3H3,(H,22,24). The highest BCUT2D eigenvalue weighted by Crippen LogP contribution is 2.38. The first-order chi connectivity index (χ1) is 12.6. The van der Waals surface area contributed by atoms with Gasteiger partial charge >= 0.3 is 0 Å². The zero-order valence-corrected chi connectivity index (χ0v) is 16.3. The van der Waals surface area contributed by atoms with E-state index in [9.17, 15) is 4.79 Å². The van der Waals surface area contributed by atoms with Gasteiger partial charge in [0.05, 0.1) is 20.8 Å². The Bertz CT molecular complexity index is 619. The minimum absolute atomic E-state index is 0.156. The summed E-state index contributed by atoms with van der Waals surface area (Å²) in [5.74, 6) is 2.37. The van der Waals surface area contributed by atoms with Crippen molar-refractivity contribution in [1.82, 2.24) is 10.2 Å². The Morgan fingerprint density at radius 3 is 2.69 bits per heavy atom. The fourth-order valence-electron chi connectivity index (χ4n) is 4.43. The van der Waals surface area contributed by atoms with Crippen LogP contribution in [0.4, 0.5) is 0 Å². The number of nitrogens with zero attached hydrogens (tertiary/aromatic N) is 1. The van der Waals surface area contributed by atoms with E-state index in [1.165, 1.54) is 19.3 Å². The van der Waals surface area contributed by atoms with E-state index >= 15 is 0 Å². The Labute approximate surface area is 157 Å². The van der Waals surface area contributed by atoms with Crippen molar-refractivity contribution >= 4 is 5.91 Å². The zero-order chi connectivity index (χ0) is 18.5. The second-order valence-electron chi connectivity index (χ2n) is 7.67. The smallest absolute Gasteiger partial charge is 0.234 e. The fraction of sp³-hybridized carbons (Fsp3) is 0.667. The predicted molar refractivity (Wildman–Crippen MR) is 103 cm³/mol. The van der Waals surface area contributed by atoms with Gasteiger partial charge in [-0.1, -0.05) is 25.8 Å². The highest BCUT2D eigenvalue weighted by Gasteiger charge is 2.31. The van der Waals surface area contributed by atoms with Crippen molar-refractivity contribution in [2.45, 2.75) is 57.5 Å². The lowest BCUT2D eigenvalue weighted by molar-refractivity contribution is -0.123. The first-order valence-corrected chi connectivity index (χ1v) is 9.87. The number of ether oxygens (including phenoxy) is 2. The van der Waals surface area contributed by atoms with Crippen LogP contribution in [0.3, 0.4) is 0 Å². The number of methoxy groups -OCH3 is 2. The average molecular weight is 360 g/mol. The van der Waals surface area contributed by atoms with E-state index in [0.717, 1.165) is 42.9 Å². The molecule has 3 unspecified atom stereocenters. The highest BCUT2D eigenvalue weighted by atomic mass is 16.5. The number of likely N-dealkylation sites (tertiary alicyclic amines) is 1. The molecule has 144 valence electrons. The first kappa shape index (κ1) is 19.0. The molecule has 0 bridgehead atoms. The number of carbonyl (C=O) groups excluding carboxylic acids is 1. The van der Waals surface area contributed by atoms with Gasteiger partial charge in [-0.05, 0) is 44.2 Å². The third-order valence-electron chi connectivity index (χ3n) is 5.97. The normalized spacial score (nSPS) is 26.5. The summed E-state index contributed by atoms with van der Waals surface area (Å²) in [6.07, 6.45) is 7.01. The second kappa shape index (κ2) is 8.76. The van der Waals surface area contributed by atoms with E-state index in [0.29, 0.717) is 18.5 Å². The van der Waals surface area contributed by atoms with E-state index in [4.69, 9.17) is 9.47 Å². The number of amides is 1. The van der Waals surface area contributed by atoms with Gasteiger partial charge in [0.25, 0.3) is 0 Å². The van der Waals surface area contributed by atoms with E-state index in [-0.39, 0.29) is 11.9 Å². The largest absolute Gasteiger partial charge is 0.497 e. The summed E-state index contributed by atoms with van der Waals surface area (Å²) in [6, 6.07) is 6.54. The molecular formula is C21H32N2O3. The zero-order valence-electron chi connectivity index (χ0n) is 16.3. The predicted octanol–water partition coefficient (Wildman–Crippen LogP) is 3.54. The number of benzene rings is 1. The van der Waals surface area contributed by atoms with Crippen molar-refractivity contribution in [2.24, 2.45) is 5.92 Å². The molecule has 2 aliphatic rings. The Kier molecular flexibility index (Phi) is 6.41. The molecule has 1 N–H and O–H groups in total. The molecule has 1 heterocycles. The molecular weight excluding hydrogens is 328 g/mol. The molecule has 3 rings (SSSR count). The van der Waals surface area contributed by atoms with E-state index in [1.807, 2.05) is 12.1 Å². The maximum Gasteiger partial charge on any atom is 0.234 e. The molecule has 1 aliphatic carbocycles. The lowest BCUT2D eigenvalue weighted by Crippen LogP contribution is -2.45. The molecule has 1 aromatic rings. The van der Waals surface area contributed by atoms with Crippen molar-refractivity contribution in [3.8, 4) is 11.5 Å². The van der Waals surface area contributed by atoms with Crippen LogP contribution in [0.15, 0.2) is 18.2 Å². The summed E-state index contributed by atoms with van der Waals surface area (Å²) in [6.45, 7) is 3.67. The topological polar surface area (TPSA) is 50.8 Å². The minimum atomic E-state index is 0.156. The molecule has 0 radical (unpaired) electrons.